The molecule has 2 heterocycles. The molecule has 29 heavy (non-hydrogen) atoms. The zero-order valence-electron chi connectivity index (χ0n) is 15.3. The molecule has 146 valence electrons. The van der Waals surface area contributed by atoms with E-state index in [2.05, 4.69) is 36.5 Å². The predicted octanol–water partition coefficient (Wildman–Crippen LogP) is 4.44. The Labute approximate surface area is 173 Å². The van der Waals surface area contributed by atoms with Crippen LogP contribution in [0, 0.1) is 12.7 Å². The van der Waals surface area contributed by atoms with Crippen LogP contribution in [0.5, 0.6) is 0 Å². The molecular weight excluding hydrogens is 441 g/mol. The lowest BCUT2D eigenvalue weighted by atomic mass is 10.1. The van der Waals surface area contributed by atoms with Crippen molar-refractivity contribution >= 4 is 27.8 Å². The molecule has 2 aromatic heterocycles. The first-order valence-corrected chi connectivity index (χ1v) is 9.46. The maximum atomic E-state index is 13.2. The van der Waals surface area contributed by atoms with E-state index in [-0.39, 0.29) is 17.3 Å². The molecule has 0 aliphatic heterocycles. The van der Waals surface area contributed by atoms with Crippen molar-refractivity contribution in [1.29, 1.82) is 0 Å². The fourth-order valence-electron chi connectivity index (χ4n) is 2.81. The number of carbonyl (C=O) groups excluding carboxylic acids is 1. The van der Waals surface area contributed by atoms with Crippen molar-refractivity contribution in [1.82, 2.24) is 19.9 Å². The first-order chi connectivity index (χ1) is 14.0. The molecule has 0 saturated heterocycles. The molecule has 0 fully saturated rings. The van der Waals surface area contributed by atoms with E-state index < -0.39 is 5.91 Å². The van der Waals surface area contributed by atoms with Gasteiger partial charge in [0, 0.05) is 10.0 Å². The third kappa shape index (κ3) is 4.24. The number of anilines is 1. The van der Waals surface area contributed by atoms with Gasteiger partial charge in [0.2, 0.25) is 5.95 Å². The molecule has 9 heteroatoms. The lowest BCUT2D eigenvalue weighted by molar-refractivity contribution is 0.102. The Morgan fingerprint density at radius 1 is 1.17 bits per heavy atom. The van der Waals surface area contributed by atoms with Crippen molar-refractivity contribution in [3.8, 4) is 11.3 Å². The van der Waals surface area contributed by atoms with Crippen LogP contribution in [0.15, 0.2) is 63.9 Å². The van der Waals surface area contributed by atoms with Crippen LogP contribution >= 0.6 is 15.9 Å². The van der Waals surface area contributed by atoms with Gasteiger partial charge in [-0.05, 0) is 48.9 Å². The van der Waals surface area contributed by atoms with Crippen molar-refractivity contribution in [3.05, 3.63) is 82.0 Å². The number of carbonyl (C=O) groups is 1. The molecule has 0 saturated carbocycles. The van der Waals surface area contributed by atoms with Crippen molar-refractivity contribution in [2.45, 2.75) is 13.5 Å². The van der Waals surface area contributed by atoms with Gasteiger partial charge in [-0.1, -0.05) is 33.2 Å². The SMILES string of the molecule is Cc1onc(-c2ccc(F)cc2)c1C(=O)Nc1ncn(Cc2ccc(Br)cc2)n1. The Morgan fingerprint density at radius 2 is 1.90 bits per heavy atom. The first-order valence-electron chi connectivity index (χ1n) is 8.67. The van der Waals surface area contributed by atoms with Gasteiger partial charge >= 0.3 is 0 Å². The lowest BCUT2D eigenvalue weighted by Gasteiger charge is -2.03. The van der Waals surface area contributed by atoms with Crippen LogP contribution in [0.25, 0.3) is 11.3 Å². The van der Waals surface area contributed by atoms with E-state index in [0.29, 0.717) is 23.6 Å². The monoisotopic (exact) mass is 455 g/mol. The third-order valence-electron chi connectivity index (χ3n) is 4.23. The standard InChI is InChI=1S/C20H15BrFN5O2/c1-12-17(18(26-29-12)14-4-8-16(22)9-5-14)19(28)24-20-23-11-27(25-20)10-13-2-6-15(21)7-3-13/h2-9,11H,10H2,1H3,(H,24,25,28). The second-order valence-electron chi connectivity index (χ2n) is 6.32. The van der Waals surface area contributed by atoms with Gasteiger partial charge < -0.3 is 4.52 Å². The van der Waals surface area contributed by atoms with Crippen molar-refractivity contribution in [3.63, 3.8) is 0 Å². The van der Waals surface area contributed by atoms with Crippen LogP contribution in [0.4, 0.5) is 10.3 Å². The molecule has 0 spiro atoms. The molecule has 0 radical (unpaired) electrons. The van der Waals surface area contributed by atoms with Crippen LogP contribution < -0.4 is 5.32 Å². The minimum Gasteiger partial charge on any atom is -0.360 e. The zero-order valence-corrected chi connectivity index (χ0v) is 16.9. The maximum absolute atomic E-state index is 13.2. The summed E-state index contributed by atoms with van der Waals surface area (Å²) in [6.07, 6.45) is 1.54. The molecule has 0 aliphatic rings. The Morgan fingerprint density at radius 3 is 2.62 bits per heavy atom. The second kappa shape index (κ2) is 7.96. The summed E-state index contributed by atoms with van der Waals surface area (Å²) in [7, 11) is 0. The van der Waals surface area contributed by atoms with Crippen molar-refractivity contribution in [2.24, 2.45) is 0 Å². The fraction of sp³-hybridized carbons (Fsp3) is 0.100. The first kappa shape index (κ1) is 19.0. The second-order valence-corrected chi connectivity index (χ2v) is 7.23. The third-order valence-corrected chi connectivity index (χ3v) is 4.76. The average molecular weight is 456 g/mol. The summed E-state index contributed by atoms with van der Waals surface area (Å²) in [6.45, 7) is 2.15. The van der Waals surface area contributed by atoms with Gasteiger partial charge in [0.1, 0.15) is 29.2 Å². The molecule has 4 aromatic rings. The van der Waals surface area contributed by atoms with Gasteiger partial charge in [0.25, 0.3) is 5.91 Å². The minimum atomic E-state index is -0.454. The number of amides is 1. The van der Waals surface area contributed by atoms with Crippen molar-refractivity contribution < 1.29 is 13.7 Å². The highest BCUT2D eigenvalue weighted by Gasteiger charge is 2.22. The van der Waals surface area contributed by atoms with Gasteiger partial charge in [0.15, 0.2) is 0 Å². The number of halogens is 2. The van der Waals surface area contributed by atoms with E-state index in [4.69, 9.17) is 4.52 Å². The van der Waals surface area contributed by atoms with Gasteiger partial charge in [-0.3, -0.25) is 10.1 Å². The number of aromatic nitrogens is 4. The van der Waals surface area contributed by atoms with Crippen molar-refractivity contribution in [2.75, 3.05) is 5.32 Å². The molecular formula is C20H15BrFN5O2. The zero-order chi connectivity index (χ0) is 20.4. The summed E-state index contributed by atoms with van der Waals surface area (Å²) in [5.41, 5.74) is 2.20. The Hall–Kier alpha value is -3.33. The smallest absolute Gasteiger partial charge is 0.263 e. The minimum absolute atomic E-state index is 0.165. The highest BCUT2D eigenvalue weighted by Crippen LogP contribution is 2.26. The van der Waals surface area contributed by atoms with E-state index in [1.165, 1.54) is 24.3 Å². The van der Waals surface area contributed by atoms with Gasteiger partial charge in [-0.15, -0.1) is 5.10 Å². The molecule has 4 rings (SSSR count). The predicted molar refractivity (Wildman–Crippen MR) is 108 cm³/mol. The van der Waals surface area contributed by atoms with E-state index in [9.17, 15) is 9.18 Å². The van der Waals surface area contributed by atoms with E-state index in [1.54, 1.807) is 17.9 Å². The average Bonchev–Trinajstić information content (AvgIpc) is 3.30. The van der Waals surface area contributed by atoms with Gasteiger partial charge in [-0.25, -0.2) is 14.1 Å². The number of nitrogens with zero attached hydrogens (tertiary/aromatic N) is 4. The van der Waals surface area contributed by atoms with E-state index in [0.717, 1.165) is 10.0 Å². The Balaban J connectivity index is 1.52. The topological polar surface area (TPSA) is 85.8 Å². The van der Waals surface area contributed by atoms with Crippen LogP contribution in [0.2, 0.25) is 0 Å². The molecule has 2 aromatic carbocycles. The van der Waals surface area contributed by atoms with Crippen LogP contribution in [-0.4, -0.2) is 25.8 Å². The molecule has 1 amide bonds. The Kier molecular flexibility index (Phi) is 5.22. The summed E-state index contributed by atoms with van der Waals surface area (Å²) in [4.78, 5) is 16.9. The molecule has 0 atom stereocenters. The van der Waals surface area contributed by atoms with E-state index in [1.807, 2.05) is 24.3 Å². The summed E-state index contributed by atoms with van der Waals surface area (Å²) in [6, 6.07) is 13.5. The highest BCUT2D eigenvalue weighted by molar-refractivity contribution is 9.10. The fourth-order valence-corrected chi connectivity index (χ4v) is 3.08. The summed E-state index contributed by atoms with van der Waals surface area (Å²) in [5, 5.41) is 10.9. The molecule has 7 nitrogen and oxygen atoms in total. The van der Waals surface area contributed by atoms with Gasteiger partial charge in [-0.2, -0.15) is 0 Å². The number of benzene rings is 2. The summed E-state index contributed by atoms with van der Waals surface area (Å²) >= 11 is 3.40. The van der Waals surface area contributed by atoms with Crippen LogP contribution in [0.3, 0.4) is 0 Å². The number of aryl methyl sites for hydroxylation is 1. The molecule has 0 bridgehead atoms. The van der Waals surface area contributed by atoms with Crippen LogP contribution in [0.1, 0.15) is 21.7 Å². The maximum Gasteiger partial charge on any atom is 0.263 e. The molecule has 0 unspecified atom stereocenters. The normalized spacial score (nSPS) is 10.9. The Bertz CT molecular complexity index is 1150. The van der Waals surface area contributed by atoms with Crippen LogP contribution in [-0.2, 0) is 6.54 Å². The number of hydrogen-bond donors (Lipinski definition) is 1. The summed E-state index contributed by atoms with van der Waals surface area (Å²) in [5.74, 6) is -0.321. The molecule has 1 N–H and O–H groups in total. The highest BCUT2D eigenvalue weighted by atomic mass is 79.9. The molecule has 0 aliphatic carbocycles. The largest absolute Gasteiger partial charge is 0.360 e. The number of nitrogens with one attached hydrogen (secondary N) is 1. The van der Waals surface area contributed by atoms with Gasteiger partial charge in [0.05, 0.1) is 6.54 Å². The number of hydrogen-bond acceptors (Lipinski definition) is 5. The van der Waals surface area contributed by atoms with E-state index >= 15 is 0 Å². The lowest BCUT2D eigenvalue weighted by Crippen LogP contribution is -2.15. The number of rotatable bonds is 5. The quantitative estimate of drug-likeness (QED) is 0.480. The summed E-state index contributed by atoms with van der Waals surface area (Å²) < 4.78 is 21.0.